The number of hydrogen-bond donors (Lipinski definition) is 0. The van der Waals surface area contributed by atoms with E-state index >= 15 is 0 Å². The number of aryl methyl sites for hydroxylation is 1. The molecule has 0 aromatic carbocycles. The Morgan fingerprint density at radius 3 is 2.74 bits per heavy atom. The van der Waals surface area contributed by atoms with Crippen molar-refractivity contribution in [1.29, 1.82) is 0 Å². The minimum absolute atomic E-state index is 0.0488. The van der Waals surface area contributed by atoms with Gasteiger partial charge in [0.2, 0.25) is 5.89 Å². The van der Waals surface area contributed by atoms with Gasteiger partial charge in [-0.25, -0.2) is 0 Å². The maximum atomic E-state index is 11.6. The minimum Gasteiger partial charge on any atom is -0.466 e. The topological polar surface area (TPSA) is 68.5 Å². The normalized spacial score (nSPS) is 17.6. The van der Waals surface area contributed by atoms with Crippen LogP contribution in [0.5, 0.6) is 0 Å². The van der Waals surface area contributed by atoms with Crippen LogP contribution in [0, 0.1) is 5.92 Å². The Morgan fingerprint density at radius 1 is 1.42 bits per heavy atom. The molecule has 106 valence electrons. The molecule has 6 heteroatoms. The van der Waals surface area contributed by atoms with E-state index in [1.165, 1.54) is 0 Å². The Hall–Kier alpha value is -1.43. The number of nitrogens with zero attached hydrogens (tertiary/aromatic N) is 3. The zero-order valence-electron chi connectivity index (χ0n) is 11.6. The van der Waals surface area contributed by atoms with Crippen LogP contribution in [0.25, 0.3) is 0 Å². The number of piperidine rings is 1. The first-order chi connectivity index (χ1) is 9.22. The molecule has 1 saturated heterocycles. The fraction of sp³-hybridized carbons (Fsp3) is 0.769. The van der Waals surface area contributed by atoms with Gasteiger partial charge >= 0.3 is 5.97 Å². The lowest BCUT2D eigenvalue weighted by atomic mass is 9.97. The van der Waals surface area contributed by atoms with E-state index in [2.05, 4.69) is 15.0 Å². The minimum atomic E-state index is -0.0602. The molecule has 1 aromatic rings. The van der Waals surface area contributed by atoms with Crippen molar-refractivity contribution >= 4 is 5.97 Å². The number of likely N-dealkylation sites (tertiary alicyclic amines) is 1. The summed E-state index contributed by atoms with van der Waals surface area (Å²) in [6.45, 7) is 6.73. The van der Waals surface area contributed by atoms with Gasteiger partial charge in [-0.2, -0.15) is 4.98 Å². The maximum Gasteiger partial charge on any atom is 0.309 e. The lowest BCUT2D eigenvalue weighted by Gasteiger charge is -2.29. The third-order valence-corrected chi connectivity index (χ3v) is 3.39. The Labute approximate surface area is 113 Å². The van der Waals surface area contributed by atoms with Crippen molar-refractivity contribution in [3.05, 3.63) is 11.7 Å². The van der Waals surface area contributed by atoms with Crippen molar-refractivity contribution < 1.29 is 14.1 Å². The summed E-state index contributed by atoms with van der Waals surface area (Å²) in [7, 11) is 0. The standard InChI is InChI=1S/C13H21N3O3/c1-3-12-14-11(15-19-12)9-16-7-5-10(6-8-16)13(17)18-4-2/h10H,3-9H2,1-2H3. The lowest BCUT2D eigenvalue weighted by Crippen LogP contribution is -2.36. The van der Waals surface area contributed by atoms with Crippen LogP contribution in [-0.4, -0.2) is 40.7 Å². The van der Waals surface area contributed by atoms with Gasteiger partial charge in [0.1, 0.15) is 0 Å². The summed E-state index contributed by atoms with van der Waals surface area (Å²) in [6, 6.07) is 0. The van der Waals surface area contributed by atoms with Crippen LogP contribution in [-0.2, 0) is 22.5 Å². The molecule has 0 amide bonds. The molecule has 0 bridgehead atoms. The van der Waals surface area contributed by atoms with Gasteiger partial charge in [-0.1, -0.05) is 12.1 Å². The third kappa shape index (κ3) is 3.76. The number of rotatable bonds is 5. The fourth-order valence-corrected chi connectivity index (χ4v) is 2.28. The van der Waals surface area contributed by atoms with Crippen LogP contribution >= 0.6 is 0 Å². The Balaban J connectivity index is 1.78. The molecule has 1 fully saturated rings. The van der Waals surface area contributed by atoms with Crippen molar-refractivity contribution in [2.24, 2.45) is 5.92 Å². The summed E-state index contributed by atoms with van der Waals surface area (Å²) < 4.78 is 10.1. The highest BCUT2D eigenvalue weighted by atomic mass is 16.5. The molecule has 0 atom stereocenters. The molecule has 0 N–H and O–H groups in total. The van der Waals surface area contributed by atoms with E-state index in [9.17, 15) is 4.79 Å². The second-order valence-electron chi connectivity index (χ2n) is 4.76. The SMILES string of the molecule is CCOC(=O)C1CCN(Cc2noc(CC)n2)CC1. The molecule has 0 aliphatic carbocycles. The van der Waals surface area contributed by atoms with Crippen molar-refractivity contribution in [3.8, 4) is 0 Å². The lowest BCUT2D eigenvalue weighted by molar-refractivity contribution is -0.149. The smallest absolute Gasteiger partial charge is 0.309 e. The summed E-state index contributed by atoms with van der Waals surface area (Å²) in [6.07, 6.45) is 2.45. The largest absolute Gasteiger partial charge is 0.466 e. The van der Waals surface area contributed by atoms with E-state index in [1.807, 2.05) is 13.8 Å². The van der Waals surface area contributed by atoms with Gasteiger partial charge in [-0.05, 0) is 32.9 Å². The van der Waals surface area contributed by atoms with Crippen LogP contribution < -0.4 is 0 Å². The summed E-state index contributed by atoms with van der Waals surface area (Å²) in [5.41, 5.74) is 0. The summed E-state index contributed by atoms with van der Waals surface area (Å²) in [4.78, 5) is 18.2. The van der Waals surface area contributed by atoms with Crippen molar-refractivity contribution in [2.75, 3.05) is 19.7 Å². The zero-order chi connectivity index (χ0) is 13.7. The summed E-state index contributed by atoms with van der Waals surface area (Å²) in [5, 5.41) is 3.95. The van der Waals surface area contributed by atoms with Crippen LogP contribution in [0.4, 0.5) is 0 Å². The first-order valence-electron chi connectivity index (χ1n) is 6.93. The number of carbonyl (C=O) groups is 1. The number of carbonyl (C=O) groups excluding carboxylic acids is 1. The van der Waals surface area contributed by atoms with Gasteiger partial charge in [0.05, 0.1) is 19.1 Å². The summed E-state index contributed by atoms with van der Waals surface area (Å²) in [5.74, 6) is 1.39. The van der Waals surface area contributed by atoms with E-state index in [4.69, 9.17) is 9.26 Å². The second kappa shape index (κ2) is 6.65. The highest BCUT2D eigenvalue weighted by Crippen LogP contribution is 2.19. The van der Waals surface area contributed by atoms with Crippen molar-refractivity contribution in [2.45, 2.75) is 39.7 Å². The molecule has 1 aliphatic heterocycles. The first-order valence-corrected chi connectivity index (χ1v) is 6.93. The van der Waals surface area contributed by atoms with Crippen molar-refractivity contribution in [3.63, 3.8) is 0 Å². The van der Waals surface area contributed by atoms with E-state index in [-0.39, 0.29) is 11.9 Å². The van der Waals surface area contributed by atoms with Gasteiger partial charge in [-0.3, -0.25) is 9.69 Å². The number of esters is 1. The molecule has 0 saturated carbocycles. The average molecular weight is 267 g/mol. The number of ether oxygens (including phenoxy) is 1. The van der Waals surface area contributed by atoms with Gasteiger partial charge in [-0.15, -0.1) is 0 Å². The molecule has 0 radical (unpaired) electrons. The quantitative estimate of drug-likeness (QED) is 0.751. The van der Waals surface area contributed by atoms with E-state index in [1.54, 1.807) is 0 Å². The molecule has 2 rings (SSSR count). The molecule has 0 spiro atoms. The van der Waals surface area contributed by atoms with Crippen LogP contribution in [0.1, 0.15) is 38.4 Å². The highest BCUT2D eigenvalue weighted by Gasteiger charge is 2.26. The Kier molecular flexibility index (Phi) is 4.90. The zero-order valence-corrected chi connectivity index (χ0v) is 11.6. The predicted molar refractivity (Wildman–Crippen MR) is 68.3 cm³/mol. The molecule has 2 heterocycles. The fourth-order valence-electron chi connectivity index (χ4n) is 2.28. The maximum absolute atomic E-state index is 11.6. The van der Waals surface area contributed by atoms with Gasteiger partial charge < -0.3 is 9.26 Å². The Morgan fingerprint density at radius 2 is 2.16 bits per heavy atom. The van der Waals surface area contributed by atoms with Crippen LogP contribution in [0.2, 0.25) is 0 Å². The summed E-state index contributed by atoms with van der Waals surface area (Å²) >= 11 is 0. The molecule has 6 nitrogen and oxygen atoms in total. The predicted octanol–water partition coefficient (Wildman–Crippen LogP) is 1.41. The second-order valence-corrected chi connectivity index (χ2v) is 4.76. The van der Waals surface area contributed by atoms with Crippen LogP contribution in [0.3, 0.4) is 0 Å². The monoisotopic (exact) mass is 267 g/mol. The molecule has 1 aromatic heterocycles. The van der Waals surface area contributed by atoms with Crippen LogP contribution in [0.15, 0.2) is 4.52 Å². The average Bonchev–Trinajstić information content (AvgIpc) is 2.87. The molecular formula is C13H21N3O3. The Bertz CT molecular complexity index is 411. The van der Waals surface area contributed by atoms with E-state index in [0.29, 0.717) is 19.0 Å². The van der Waals surface area contributed by atoms with E-state index < -0.39 is 0 Å². The van der Waals surface area contributed by atoms with Gasteiger partial charge in [0, 0.05) is 6.42 Å². The van der Waals surface area contributed by atoms with Gasteiger partial charge in [0.15, 0.2) is 5.82 Å². The molecule has 19 heavy (non-hydrogen) atoms. The molecule has 0 unspecified atom stereocenters. The third-order valence-electron chi connectivity index (χ3n) is 3.39. The number of hydrogen-bond acceptors (Lipinski definition) is 6. The first kappa shape index (κ1) is 14.0. The molecule has 1 aliphatic rings. The van der Waals surface area contributed by atoms with E-state index in [0.717, 1.165) is 38.2 Å². The van der Waals surface area contributed by atoms with Gasteiger partial charge in [0.25, 0.3) is 0 Å². The molecular weight excluding hydrogens is 246 g/mol. The highest BCUT2D eigenvalue weighted by molar-refractivity contribution is 5.72. The van der Waals surface area contributed by atoms with Crippen molar-refractivity contribution in [1.82, 2.24) is 15.0 Å². The number of aromatic nitrogens is 2.